The van der Waals surface area contributed by atoms with E-state index in [0.717, 1.165) is 53.5 Å². The molecule has 2 saturated heterocycles. The second-order valence-corrected chi connectivity index (χ2v) is 20.1. The number of piperidine rings is 1. The van der Waals surface area contributed by atoms with E-state index >= 15 is 0 Å². The highest BCUT2D eigenvalue weighted by Gasteiger charge is 2.61. The highest BCUT2D eigenvalue weighted by atomic mass is 32.2. The van der Waals surface area contributed by atoms with Crippen LogP contribution in [-0.2, 0) is 42.0 Å². The molecule has 6 aliphatic rings. The predicted molar refractivity (Wildman–Crippen MR) is 223 cm³/mol. The van der Waals surface area contributed by atoms with Crippen molar-refractivity contribution in [2.45, 2.75) is 126 Å². The number of rotatable bonds is 8. The van der Waals surface area contributed by atoms with Crippen LogP contribution in [0.3, 0.4) is 0 Å². The molecular weight excluding hydrogens is 805 g/mol. The number of sulfonamides is 1. The summed E-state index contributed by atoms with van der Waals surface area (Å²) in [5.74, 6) is -5.73. The van der Waals surface area contributed by atoms with E-state index in [9.17, 15) is 36.4 Å². The number of ketones is 1. The molecular formula is C46H53F2N5O7S. The van der Waals surface area contributed by atoms with Gasteiger partial charge in [-0.2, -0.15) is 0 Å². The smallest absolute Gasteiger partial charge is 0.265 e. The summed E-state index contributed by atoms with van der Waals surface area (Å²) in [6.07, 6.45) is 11.5. The SMILES string of the molecule is O=C1C[C@]2(C(=O)NS(=O)(=O)C3CC3)C[C@H]2/C=C\CCCCC[C@H](CC(=O)N2CCCC(F)(F)C2)C(=O)N2C[C@H](Oc3cc(-c4ccccn4)nc4c5c(ccc34)CCC5)C[C@@H]12. The van der Waals surface area contributed by atoms with Crippen molar-refractivity contribution in [2.24, 2.45) is 17.3 Å². The van der Waals surface area contributed by atoms with Gasteiger partial charge in [0.25, 0.3) is 5.92 Å². The molecule has 3 aliphatic heterocycles. The molecule has 3 aromatic rings. The van der Waals surface area contributed by atoms with Crippen molar-refractivity contribution in [1.82, 2.24) is 24.5 Å². The van der Waals surface area contributed by atoms with E-state index in [1.165, 1.54) is 10.5 Å². The number of hydrogen-bond acceptors (Lipinski definition) is 9. The lowest BCUT2D eigenvalue weighted by molar-refractivity contribution is -0.148. The molecule has 12 nitrogen and oxygen atoms in total. The van der Waals surface area contributed by atoms with E-state index in [0.29, 0.717) is 55.7 Å². The number of carbonyl (C=O) groups is 4. The van der Waals surface area contributed by atoms with Crippen molar-refractivity contribution in [3.8, 4) is 17.1 Å². The highest BCUT2D eigenvalue weighted by Crippen LogP contribution is 2.57. The lowest BCUT2D eigenvalue weighted by Crippen LogP contribution is -2.49. The number of aryl methyl sites for hydroxylation is 2. The molecule has 4 fully saturated rings. The van der Waals surface area contributed by atoms with Gasteiger partial charge in [0.15, 0.2) is 5.78 Å². The molecule has 1 N–H and O–H groups in total. The highest BCUT2D eigenvalue weighted by molar-refractivity contribution is 7.90. The summed E-state index contributed by atoms with van der Waals surface area (Å²) in [6, 6.07) is 10.5. The van der Waals surface area contributed by atoms with Crippen LogP contribution in [0.15, 0.2) is 54.7 Å². The number of likely N-dealkylation sites (tertiary alicyclic amines) is 1. The number of nitrogens with one attached hydrogen (secondary N) is 1. The largest absolute Gasteiger partial charge is 0.488 e. The van der Waals surface area contributed by atoms with Crippen LogP contribution in [0.5, 0.6) is 5.75 Å². The molecule has 61 heavy (non-hydrogen) atoms. The molecule has 0 radical (unpaired) electrons. The molecule has 2 aromatic heterocycles. The Balaban J connectivity index is 1.05. The number of alkyl halides is 2. The maximum atomic E-state index is 14.9. The van der Waals surface area contributed by atoms with Crippen LogP contribution in [-0.4, -0.2) is 94.6 Å². The van der Waals surface area contributed by atoms with Gasteiger partial charge >= 0.3 is 0 Å². The van der Waals surface area contributed by atoms with Crippen LogP contribution in [0.4, 0.5) is 8.78 Å². The van der Waals surface area contributed by atoms with Crippen molar-refractivity contribution in [1.29, 1.82) is 0 Å². The molecule has 5 atom stereocenters. The van der Waals surface area contributed by atoms with E-state index in [1.807, 2.05) is 42.5 Å². The van der Waals surface area contributed by atoms with Crippen LogP contribution in [0.2, 0.25) is 0 Å². The molecule has 15 heteroatoms. The van der Waals surface area contributed by atoms with Gasteiger partial charge in [0.2, 0.25) is 27.7 Å². The summed E-state index contributed by atoms with van der Waals surface area (Å²) in [5, 5.41) is 0.170. The average molecular weight is 858 g/mol. The third kappa shape index (κ3) is 8.68. The van der Waals surface area contributed by atoms with Crippen LogP contribution >= 0.6 is 0 Å². The number of pyridine rings is 2. The average Bonchev–Trinajstić information content (AvgIpc) is 4.12. The molecule has 3 aliphatic carbocycles. The molecule has 5 heterocycles. The van der Waals surface area contributed by atoms with Gasteiger partial charge in [-0.15, -0.1) is 0 Å². The Morgan fingerprint density at radius 3 is 2.62 bits per heavy atom. The number of amides is 3. The fraction of sp³-hybridized carbons (Fsp3) is 0.565. The molecule has 324 valence electrons. The number of Topliss-reactive ketones (excluding diaryl/α,β-unsaturated/α-hetero) is 1. The first-order valence-corrected chi connectivity index (χ1v) is 23.6. The van der Waals surface area contributed by atoms with Gasteiger partial charge in [0.05, 0.1) is 46.7 Å². The van der Waals surface area contributed by atoms with E-state index in [2.05, 4.69) is 15.8 Å². The third-order valence-corrected chi connectivity index (χ3v) is 15.6. The number of carbonyl (C=O) groups excluding carboxylic acids is 4. The molecule has 1 aromatic carbocycles. The van der Waals surface area contributed by atoms with Gasteiger partial charge in [-0.1, -0.05) is 37.1 Å². The van der Waals surface area contributed by atoms with Crippen molar-refractivity contribution >= 4 is 44.4 Å². The standard InChI is InChI=1S/C46H53F2N5O7S/c47-46(48)19-9-21-52(28-46)41(55)22-30-10-4-2-1-3-5-12-31-25-45(31,44(57)51-61(58,59)33-16-17-33)26-39(54)38-23-32(27-53(38)43(30)56)60-40-24-37(36-14-6-7-20-49-36)50-42-34-13-8-11-29(34)15-18-35(40)42/h5-7,12,14-15,18,20,24,30-33,38H,1-4,8-11,13,16-17,19,21-23,25-28H2,(H,51,57)/b12-5-/t30-,31-,32-,38+,45-/m1/s1. The van der Waals surface area contributed by atoms with Gasteiger partial charge in [-0.05, 0) is 99.5 Å². The molecule has 9 rings (SSSR count). The molecule has 3 amide bonds. The quantitative estimate of drug-likeness (QED) is 0.250. The number of fused-ring (bicyclic) bond motifs is 5. The number of hydrogen-bond donors (Lipinski definition) is 1. The minimum absolute atomic E-state index is 0.00792. The zero-order valence-electron chi connectivity index (χ0n) is 34.3. The Labute approximate surface area is 354 Å². The molecule has 0 spiro atoms. The third-order valence-electron chi connectivity index (χ3n) is 13.7. The predicted octanol–water partition coefficient (Wildman–Crippen LogP) is 6.49. The van der Waals surface area contributed by atoms with E-state index in [4.69, 9.17) is 9.72 Å². The van der Waals surface area contributed by atoms with Crippen LogP contribution in [0.25, 0.3) is 22.3 Å². The van der Waals surface area contributed by atoms with E-state index in [1.54, 1.807) is 6.20 Å². The van der Waals surface area contributed by atoms with Gasteiger partial charge in [0, 0.05) is 55.8 Å². The zero-order valence-corrected chi connectivity index (χ0v) is 35.1. The summed E-state index contributed by atoms with van der Waals surface area (Å²) >= 11 is 0. The maximum Gasteiger partial charge on any atom is 0.265 e. The Morgan fingerprint density at radius 2 is 1.84 bits per heavy atom. The number of halogens is 2. The molecule has 0 unspecified atom stereocenters. The Hall–Kier alpha value is -4.79. The van der Waals surface area contributed by atoms with Gasteiger partial charge in [0.1, 0.15) is 11.9 Å². The van der Waals surface area contributed by atoms with Crippen LogP contribution in [0.1, 0.15) is 101 Å². The first-order valence-electron chi connectivity index (χ1n) is 22.1. The normalized spacial score (nSPS) is 28.6. The minimum Gasteiger partial charge on any atom is -0.488 e. The first-order chi connectivity index (χ1) is 29.3. The fourth-order valence-electron chi connectivity index (χ4n) is 10.1. The number of allylic oxidation sites excluding steroid dienone is 2. The zero-order chi connectivity index (χ0) is 42.5. The Bertz CT molecular complexity index is 2370. The van der Waals surface area contributed by atoms with Gasteiger partial charge in [-0.25, -0.2) is 22.2 Å². The number of nitrogens with zero attached hydrogens (tertiary/aromatic N) is 4. The number of ether oxygens (including phenoxy) is 1. The summed E-state index contributed by atoms with van der Waals surface area (Å²) in [6.45, 7) is -0.493. The lowest BCUT2D eigenvalue weighted by Gasteiger charge is -2.34. The first kappa shape index (κ1) is 41.6. The van der Waals surface area contributed by atoms with E-state index in [-0.39, 0.29) is 51.1 Å². The summed E-state index contributed by atoms with van der Waals surface area (Å²) in [7, 11) is -3.89. The van der Waals surface area contributed by atoms with E-state index < -0.39 is 74.7 Å². The second kappa shape index (κ2) is 16.5. The second-order valence-electron chi connectivity index (χ2n) is 18.2. The molecule has 0 bridgehead atoms. The summed E-state index contributed by atoms with van der Waals surface area (Å²) in [5.41, 5.74) is 3.19. The van der Waals surface area contributed by atoms with Crippen molar-refractivity contribution in [3.63, 3.8) is 0 Å². The number of benzene rings is 1. The topological polar surface area (TPSA) is 156 Å². The summed E-state index contributed by atoms with van der Waals surface area (Å²) < 4.78 is 64.1. The summed E-state index contributed by atoms with van der Waals surface area (Å²) in [4.78, 5) is 69.6. The Morgan fingerprint density at radius 1 is 0.984 bits per heavy atom. The van der Waals surface area contributed by atoms with Crippen LogP contribution < -0.4 is 9.46 Å². The van der Waals surface area contributed by atoms with Crippen molar-refractivity contribution in [2.75, 3.05) is 19.6 Å². The van der Waals surface area contributed by atoms with Crippen molar-refractivity contribution < 1.29 is 41.1 Å². The van der Waals surface area contributed by atoms with Gasteiger partial charge in [-0.3, -0.25) is 28.9 Å². The minimum atomic E-state index is -3.89. The van der Waals surface area contributed by atoms with Gasteiger partial charge < -0.3 is 14.5 Å². The lowest BCUT2D eigenvalue weighted by atomic mass is 9.90. The number of aromatic nitrogens is 2. The monoisotopic (exact) mass is 857 g/mol. The maximum absolute atomic E-state index is 14.9. The molecule has 2 saturated carbocycles. The van der Waals surface area contributed by atoms with Crippen molar-refractivity contribution in [3.05, 3.63) is 65.9 Å². The Kier molecular flexibility index (Phi) is 11.2. The van der Waals surface area contributed by atoms with Crippen LogP contribution in [0, 0.1) is 17.3 Å². The fourth-order valence-corrected chi connectivity index (χ4v) is 11.5.